The standard InChI is InChI=1S/C16H13BrN2O2S/c1-10-7-12(17)8-13-14(10)18-15(22-13)19-16(20)21-9-11-5-3-2-4-6-11/h2-8H,9H2,1H3,(H,18,19,20). The van der Waals surface area contributed by atoms with E-state index in [2.05, 4.69) is 26.2 Å². The molecule has 6 heteroatoms. The number of aryl methyl sites for hydroxylation is 1. The number of aromatic nitrogens is 1. The Morgan fingerprint density at radius 2 is 2.09 bits per heavy atom. The van der Waals surface area contributed by atoms with Gasteiger partial charge in [-0.3, -0.25) is 5.32 Å². The second-order valence-corrected chi connectivity index (χ2v) is 6.72. The van der Waals surface area contributed by atoms with Crippen molar-refractivity contribution in [3.63, 3.8) is 0 Å². The van der Waals surface area contributed by atoms with Crippen molar-refractivity contribution >= 4 is 48.7 Å². The van der Waals surface area contributed by atoms with Crippen LogP contribution in [-0.2, 0) is 11.3 Å². The number of hydrogen-bond acceptors (Lipinski definition) is 4. The van der Waals surface area contributed by atoms with Crippen molar-refractivity contribution in [2.45, 2.75) is 13.5 Å². The number of benzene rings is 2. The predicted molar refractivity (Wildman–Crippen MR) is 92.3 cm³/mol. The van der Waals surface area contributed by atoms with Crippen molar-refractivity contribution in [2.24, 2.45) is 0 Å². The van der Waals surface area contributed by atoms with E-state index in [0.29, 0.717) is 5.13 Å². The maximum absolute atomic E-state index is 11.8. The van der Waals surface area contributed by atoms with Crippen molar-refractivity contribution in [3.05, 3.63) is 58.1 Å². The summed E-state index contributed by atoms with van der Waals surface area (Å²) >= 11 is 4.88. The molecule has 3 aromatic rings. The second-order valence-electron chi connectivity index (χ2n) is 4.78. The number of ether oxygens (including phenoxy) is 1. The van der Waals surface area contributed by atoms with Crippen LogP contribution in [-0.4, -0.2) is 11.1 Å². The number of fused-ring (bicyclic) bond motifs is 1. The lowest BCUT2D eigenvalue weighted by atomic mass is 10.2. The molecule has 2 aromatic carbocycles. The molecule has 0 radical (unpaired) electrons. The summed E-state index contributed by atoms with van der Waals surface area (Å²) in [5.41, 5.74) is 2.90. The van der Waals surface area contributed by atoms with Crippen molar-refractivity contribution in [1.82, 2.24) is 4.98 Å². The van der Waals surface area contributed by atoms with E-state index < -0.39 is 6.09 Å². The summed E-state index contributed by atoms with van der Waals surface area (Å²) in [5.74, 6) is 0. The number of rotatable bonds is 3. The molecule has 0 spiro atoms. The Balaban J connectivity index is 1.68. The predicted octanol–water partition coefficient (Wildman–Crippen LogP) is 5.12. The van der Waals surface area contributed by atoms with E-state index in [9.17, 15) is 4.79 Å². The van der Waals surface area contributed by atoms with E-state index in [0.717, 1.165) is 25.8 Å². The molecule has 0 unspecified atom stereocenters. The van der Waals surface area contributed by atoms with Crippen molar-refractivity contribution in [1.29, 1.82) is 0 Å². The van der Waals surface area contributed by atoms with Gasteiger partial charge in [0.1, 0.15) is 6.61 Å². The average molecular weight is 377 g/mol. The first-order valence-electron chi connectivity index (χ1n) is 6.66. The van der Waals surface area contributed by atoms with Crippen LogP contribution in [0.3, 0.4) is 0 Å². The number of thiazole rings is 1. The summed E-state index contributed by atoms with van der Waals surface area (Å²) < 4.78 is 7.21. The molecule has 0 saturated carbocycles. The molecule has 0 aliphatic rings. The summed E-state index contributed by atoms with van der Waals surface area (Å²) in [6.07, 6.45) is -0.500. The van der Waals surface area contributed by atoms with Crippen LogP contribution in [0.1, 0.15) is 11.1 Å². The molecule has 0 aliphatic carbocycles. The smallest absolute Gasteiger partial charge is 0.413 e. The summed E-state index contributed by atoms with van der Waals surface area (Å²) in [7, 11) is 0. The van der Waals surface area contributed by atoms with Gasteiger partial charge in [-0.25, -0.2) is 9.78 Å². The molecule has 1 N–H and O–H groups in total. The molecule has 112 valence electrons. The van der Waals surface area contributed by atoms with Gasteiger partial charge < -0.3 is 4.74 Å². The van der Waals surface area contributed by atoms with Gasteiger partial charge in [-0.1, -0.05) is 57.6 Å². The molecule has 4 nitrogen and oxygen atoms in total. The Kier molecular flexibility index (Phi) is 4.40. The van der Waals surface area contributed by atoms with Crippen LogP contribution < -0.4 is 5.32 Å². The molecule has 3 rings (SSSR count). The first-order chi connectivity index (χ1) is 10.6. The van der Waals surface area contributed by atoms with Gasteiger partial charge in [0, 0.05) is 4.47 Å². The summed E-state index contributed by atoms with van der Waals surface area (Å²) in [5, 5.41) is 3.22. The van der Waals surface area contributed by atoms with Gasteiger partial charge in [0.2, 0.25) is 0 Å². The number of amides is 1. The molecule has 0 fully saturated rings. The largest absolute Gasteiger partial charge is 0.444 e. The molecular formula is C16H13BrN2O2S. The zero-order chi connectivity index (χ0) is 15.5. The maximum atomic E-state index is 11.8. The SMILES string of the molecule is Cc1cc(Br)cc2sc(NC(=O)OCc3ccccc3)nc12. The zero-order valence-corrected chi connectivity index (χ0v) is 14.2. The van der Waals surface area contributed by atoms with Crippen LogP contribution in [0.15, 0.2) is 46.9 Å². The Bertz CT molecular complexity index is 818. The van der Waals surface area contributed by atoms with Gasteiger partial charge in [-0.15, -0.1) is 0 Å². The Morgan fingerprint density at radius 3 is 2.86 bits per heavy atom. The number of carbonyl (C=O) groups excluding carboxylic acids is 1. The zero-order valence-electron chi connectivity index (χ0n) is 11.8. The van der Waals surface area contributed by atoms with Gasteiger partial charge in [0.05, 0.1) is 10.2 Å². The summed E-state index contributed by atoms with van der Waals surface area (Å²) in [6.45, 7) is 2.23. The highest BCUT2D eigenvalue weighted by atomic mass is 79.9. The van der Waals surface area contributed by atoms with E-state index in [1.165, 1.54) is 11.3 Å². The normalized spacial score (nSPS) is 10.6. The van der Waals surface area contributed by atoms with Gasteiger partial charge >= 0.3 is 6.09 Å². The van der Waals surface area contributed by atoms with Gasteiger partial charge in [0.15, 0.2) is 5.13 Å². The van der Waals surface area contributed by atoms with E-state index in [1.807, 2.05) is 49.4 Å². The molecule has 1 aromatic heterocycles. The van der Waals surface area contributed by atoms with Crippen LogP contribution in [0.2, 0.25) is 0 Å². The molecular weight excluding hydrogens is 364 g/mol. The number of anilines is 1. The van der Waals surface area contributed by atoms with Gasteiger partial charge in [0.25, 0.3) is 0 Å². The highest BCUT2D eigenvalue weighted by Crippen LogP contribution is 2.31. The molecule has 22 heavy (non-hydrogen) atoms. The van der Waals surface area contributed by atoms with Gasteiger partial charge in [-0.05, 0) is 30.2 Å². The van der Waals surface area contributed by atoms with E-state index in [1.54, 1.807) is 0 Å². The van der Waals surface area contributed by atoms with E-state index in [4.69, 9.17) is 4.74 Å². The average Bonchev–Trinajstić information content (AvgIpc) is 2.89. The third-order valence-corrected chi connectivity index (χ3v) is 4.45. The maximum Gasteiger partial charge on any atom is 0.413 e. The number of nitrogens with one attached hydrogen (secondary N) is 1. The topological polar surface area (TPSA) is 51.2 Å². The minimum atomic E-state index is -0.500. The monoisotopic (exact) mass is 376 g/mol. The molecule has 0 saturated heterocycles. The fourth-order valence-corrected chi connectivity index (χ4v) is 3.75. The number of nitrogens with zero attached hydrogens (tertiary/aromatic N) is 1. The lowest BCUT2D eigenvalue weighted by molar-refractivity contribution is 0.155. The highest BCUT2D eigenvalue weighted by molar-refractivity contribution is 9.10. The number of carbonyl (C=O) groups is 1. The molecule has 1 amide bonds. The van der Waals surface area contributed by atoms with Crippen LogP contribution >= 0.6 is 27.3 Å². The van der Waals surface area contributed by atoms with Crippen molar-refractivity contribution < 1.29 is 9.53 Å². The molecule has 0 atom stereocenters. The highest BCUT2D eigenvalue weighted by Gasteiger charge is 2.11. The minimum absolute atomic E-state index is 0.238. The van der Waals surface area contributed by atoms with Crippen LogP contribution in [0.25, 0.3) is 10.2 Å². The third kappa shape index (κ3) is 3.45. The molecule has 1 heterocycles. The summed E-state index contributed by atoms with van der Waals surface area (Å²) in [4.78, 5) is 16.3. The molecule has 0 aliphatic heterocycles. The second kappa shape index (κ2) is 6.46. The Labute approximate surface area is 140 Å². The van der Waals surface area contributed by atoms with E-state index >= 15 is 0 Å². The number of hydrogen-bond donors (Lipinski definition) is 1. The van der Waals surface area contributed by atoms with Crippen molar-refractivity contribution in [2.75, 3.05) is 5.32 Å². The Hall–Kier alpha value is -1.92. The third-order valence-electron chi connectivity index (χ3n) is 3.07. The van der Waals surface area contributed by atoms with Gasteiger partial charge in [-0.2, -0.15) is 0 Å². The lowest BCUT2D eigenvalue weighted by Crippen LogP contribution is -2.13. The van der Waals surface area contributed by atoms with Crippen LogP contribution in [0, 0.1) is 6.92 Å². The quantitative estimate of drug-likeness (QED) is 0.690. The van der Waals surface area contributed by atoms with E-state index in [-0.39, 0.29) is 6.61 Å². The lowest BCUT2D eigenvalue weighted by Gasteiger charge is -2.04. The van der Waals surface area contributed by atoms with Crippen molar-refractivity contribution in [3.8, 4) is 0 Å². The summed E-state index contributed by atoms with van der Waals surface area (Å²) in [6, 6.07) is 13.5. The fourth-order valence-electron chi connectivity index (χ4n) is 2.05. The Morgan fingerprint density at radius 1 is 1.32 bits per heavy atom. The van der Waals surface area contributed by atoms with Crippen LogP contribution in [0.5, 0.6) is 0 Å². The minimum Gasteiger partial charge on any atom is -0.444 e. The van der Waals surface area contributed by atoms with Crippen LogP contribution in [0.4, 0.5) is 9.93 Å². The first-order valence-corrected chi connectivity index (χ1v) is 8.27. The molecule has 0 bridgehead atoms. The number of halogens is 1. The first kappa shape index (κ1) is 15.0. The fraction of sp³-hybridized carbons (Fsp3) is 0.125.